The molecule has 4 rings (SSSR count). The molecule has 0 aliphatic heterocycles. The number of carbonyl (C=O) groups is 2. The second-order valence-electron chi connectivity index (χ2n) is 9.80. The third kappa shape index (κ3) is 2.46. The average Bonchev–Trinajstić information content (AvgIpc) is 2.88. The first kappa shape index (κ1) is 22.4. The Hall–Kier alpha value is -0.760. The first-order chi connectivity index (χ1) is 13.9. The van der Waals surface area contributed by atoms with Crippen LogP contribution in [-0.2, 0) is 9.59 Å². The average molecular weight is 461 g/mol. The van der Waals surface area contributed by atoms with Crippen molar-refractivity contribution in [2.24, 2.45) is 28.6 Å². The second kappa shape index (κ2) is 6.87. The number of fused-ring (bicyclic) bond motifs is 5. The molecule has 0 spiro atoms. The molecule has 2 N–H and O–H groups in total. The van der Waals surface area contributed by atoms with Gasteiger partial charge in [-0.2, -0.15) is 0 Å². The fourth-order valence-corrected chi connectivity index (χ4v) is 8.19. The summed E-state index contributed by atoms with van der Waals surface area (Å²) in [6.07, 6.45) is 0.699. The molecule has 9 atom stereocenters. The van der Waals surface area contributed by atoms with Crippen LogP contribution in [0.15, 0.2) is 23.8 Å². The Morgan fingerprint density at radius 3 is 2.63 bits per heavy atom. The van der Waals surface area contributed by atoms with Crippen molar-refractivity contribution in [2.45, 2.75) is 63.6 Å². The zero-order valence-corrected chi connectivity index (χ0v) is 18.8. The predicted octanol–water partition coefficient (Wildman–Crippen LogP) is 3.74. The zero-order valence-electron chi connectivity index (χ0n) is 17.2. The van der Waals surface area contributed by atoms with Gasteiger partial charge in [-0.1, -0.05) is 31.7 Å². The number of hydrogen-bond donors (Lipinski definition) is 2. The highest BCUT2D eigenvalue weighted by molar-refractivity contribution is 8.14. The fourth-order valence-electron chi connectivity index (χ4n) is 7.13. The molecule has 0 saturated heterocycles. The molecule has 8 heteroatoms. The molecule has 0 bridgehead atoms. The maximum Gasteiger partial charge on any atom is 0.222 e. The Labute approximate surface area is 184 Å². The van der Waals surface area contributed by atoms with Crippen LogP contribution in [0.4, 0.5) is 8.78 Å². The van der Waals surface area contributed by atoms with Crippen LogP contribution in [0.3, 0.4) is 0 Å². The Bertz CT molecular complexity index is 864. The van der Waals surface area contributed by atoms with Crippen LogP contribution >= 0.6 is 23.4 Å². The van der Waals surface area contributed by atoms with E-state index >= 15 is 8.78 Å². The van der Waals surface area contributed by atoms with Crippen LogP contribution in [-0.4, -0.2) is 49.9 Å². The van der Waals surface area contributed by atoms with Gasteiger partial charge in [0.2, 0.25) is 5.12 Å². The molecule has 3 saturated carbocycles. The third-order valence-electron chi connectivity index (χ3n) is 8.71. The highest BCUT2D eigenvalue weighted by Crippen LogP contribution is 2.71. The molecule has 4 aliphatic carbocycles. The molecule has 0 aromatic rings. The van der Waals surface area contributed by atoms with Gasteiger partial charge >= 0.3 is 0 Å². The van der Waals surface area contributed by atoms with E-state index in [1.165, 1.54) is 19.1 Å². The zero-order chi connectivity index (χ0) is 22.3. The summed E-state index contributed by atoms with van der Waals surface area (Å²) in [7, 11) is 0. The van der Waals surface area contributed by atoms with Gasteiger partial charge in [0.1, 0.15) is 11.8 Å². The van der Waals surface area contributed by atoms with Crippen molar-refractivity contribution in [2.75, 3.05) is 5.21 Å². The number of halogens is 3. The minimum Gasteiger partial charge on any atom is -0.390 e. The van der Waals surface area contributed by atoms with Crippen molar-refractivity contribution in [3.8, 4) is 0 Å². The topological polar surface area (TPSA) is 74.6 Å². The lowest BCUT2D eigenvalue weighted by Crippen LogP contribution is -2.70. The van der Waals surface area contributed by atoms with Gasteiger partial charge in [-0.15, -0.1) is 11.6 Å². The molecule has 0 heterocycles. The first-order valence-electron chi connectivity index (χ1n) is 10.3. The van der Waals surface area contributed by atoms with Crippen LogP contribution in [0, 0.1) is 28.6 Å². The third-order valence-corrected chi connectivity index (χ3v) is 9.72. The van der Waals surface area contributed by atoms with Crippen molar-refractivity contribution < 1.29 is 28.6 Å². The van der Waals surface area contributed by atoms with Gasteiger partial charge in [0.05, 0.1) is 11.3 Å². The number of carbonyl (C=O) groups excluding carboxylic acids is 2. The standard InChI is InChI=1S/C22H27ClF2O4S/c1-11-6-13-14-8-16(24)15-7-12(26)4-5-19(15,2)21(14,25)17(27)9-20(13,3)22(11,29)18(28)30-10-23/h4-5,7,11,13-14,16-17,27,29H,6,8-10H2,1-3H3/t11-,13+,14?,16+,17+,19+,20+,21+,22+/m1/s1. The largest absolute Gasteiger partial charge is 0.390 e. The maximum atomic E-state index is 17.0. The van der Waals surface area contributed by atoms with Crippen molar-refractivity contribution in [3.63, 3.8) is 0 Å². The molecule has 166 valence electrons. The summed E-state index contributed by atoms with van der Waals surface area (Å²) in [4.78, 5) is 24.7. The maximum absolute atomic E-state index is 17.0. The molecule has 0 radical (unpaired) electrons. The quantitative estimate of drug-likeness (QED) is 0.614. The van der Waals surface area contributed by atoms with Gasteiger partial charge in [-0.3, -0.25) is 9.59 Å². The van der Waals surface area contributed by atoms with E-state index in [1.807, 2.05) is 0 Å². The van der Waals surface area contributed by atoms with Gasteiger partial charge in [-0.25, -0.2) is 8.78 Å². The van der Waals surface area contributed by atoms with E-state index in [4.69, 9.17) is 11.6 Å². The van der Waals surface area contributed by atoms with Crippen LogP contribution < -0.4 is 0 Å². The second-order valence-corrected chi connectivity index (χ2v) is 11.3. The van der Waals surface area contributed by atoms with E-state index in [-0.39, 0.29) is 23.6 Å². The summed E-state index contributed by atoms with van der Waals surface area (Å²) in [5.74, 6) is -2.30. The molecule has 0 amide bonds. The Kier molecular flexibility index (Phi) is 5.14. The summed E-state index contributed by atoms with van der Waals surface area (Å²) in [5, 5.41) is 22.2. The number of thioether (sulfide) groups is 1. The number of alkyl halides is 3. The Morgan fingerprint density at radius 2 is 2.00 bits per heavy atom. The number of aliphatic hydroxyl groups is 2. The van der Waals surface area contributed by atoms with Gasteiger partial charge in [0.15, 0.2) is 11.5 Å². The molecular formula is C22H27ClF2O4S. The monoisotopic (exact) mass is 460 g/mol. The molecular weight excluding hydrogens is 434 g/mol. The molecule has 1 unspecified atom stereocenters. The number of allylic oxidation sites excluding steroid dienone is 4. The minimum atomic E-state index is -2.21. The summed E-state index contributed by atoms with van der Waals surface area (Å²) in [6.45, 7) is 4.98. The molecule has 0 aromatic heterocycles. The smallest absolute Gasteiger partial charge is 0.222 e. The lowest BCUT2D eigenvalue weighted by molar-refractivity contribution is -0.221. The van der Waals surface area contributed by atoms with Gasteiger partial charge in [-0.05, 0) is 55.7 Å². The Morgan fingerprint density at radius 1 is 1.33 bits per heavy atom. The predicted molar refractivity (Wildman–Crippen MR) is 111 cm³/mol. The first-order valence-corrected chi connectivity index (χ1v) is 11.8. The van der Waals surface area contributed by atoms with Crippen LogP contribution in [0.1, 0.15) is 40.0 Å². The normalized spacial score (nSPS) is 52.3. The highest BCUT2D eigenvalue weighted by Gasteiger charge is 2.76. The van der Waals surface area contributed by atoms with Crippen molar-refractivity contribution in [1.82, 2.24) is 0 Å². The van der Waals surface area contributed by atoms with E-state index in [0.717, 1.165) is 17.8 Å². The fraction of sp³-hybridized carbons (Fsp3) is 0.727. The van der Waals surface area contributed by atoms with E-state index in [1.54, 1.807) is 13.8 Å². The van der Waals surface area contributed by atoms with Gasteiger partial charge in [0.25, 0.3) is 0 Å². The molecule has 4 nitrogen and oxygen atoms in total. The van der Waals surface area contributed by atoms with Crippen LogP contribution in [0.5, 0.6) is 0 Å². The lowest BCUT2D eigenvalue weighted by atomic mass is 9.44. The number of ketones is 1. The number of rotatable bonds is 2. The van der Waals surface area contributed by atoms with Crippen molar-refractivity contribution >= 4 is 34.3 Å². The summed E-state index contributed by atoms with van der Waals surface area (Å²) in [6, 6.07) is 0. The minimum absolute atomic E-state index is 0.0226. The molecule has 30 heavy (non-hydrogen) atoms. The Balaban J connectivity index is 1.84. The van der Waals surface area contributed by atoms with E-state index < -0.39 is 63.0 Å². The highest BCUT2D eigenvalue weighted by atomic mass is 35.5. The van der Waals surface area contributed by atoms with Gasteiger partial charge in [0, 0.05) is 16.7 Å². The number of hydrogen-bond acceptors (Lipinski definition) is 5. The SMILES string of the molecule is C[C@@H]1C[C@H]2C3C[C@H](F)C4=CC(=O)C=C[C@]4(C)[C@@]3(F)[C@@H](O)C[C@]2(C)[C@@]1(O)C(=O)SCCl. The molecule has 0 aromatic carbocycles. The summed E-state index contributed by atoms with van der Waals surface area (Å²) >= 11 is 6.53. The van der Waals surface area contributed by atoms with E-state index in [2.05, 4.69) is 0 Å². The van der Waals surface area contributed by atoms with Crippen LogP contribution in [0.2, 0.25) is 0 Å². The number of aliphatic hydroxyl groups excluding tert-OH is 1. The van der Waals surface area contributed by atoms with Crippen molar-refractivity contribution in [3.05, 3.63) is 23.8 Å². The van der Waals surface area contributed by atoms with E-state index in [9.17, 15) is 19.8 Å². The van der Waals surface area contributed by atoms with Gasteiger partial charge < -0.3 is 10.2 Å². The van der Waals surface area contributed by atoms with E-state index in [0.29, 0.717) is 6.42 Å². The summed E-state index contributed by atoms with van der Waals surface area (Å²) in [5.41, 5.74) is -6.53. The van der Waals surface area contributed by atoms with Crippen molar-refractivity contribution in [1.29, 1.82) is 0 Å². The molecule has 4 aliphatic rings. The summed E-state index contributed by atoms with van der Waals surface area (Å²) < 4.78 is 32.3. The lowest BCUT2D eigenvalue weighted by Gasteiger charge is -2.63. The van der Waals surface area contributed by atoms with Crippen LogP contribution in [0.25, 0.3) is 0 Å². The molecule has 3 fully saturated rings.